The molecule has 0 bridgehead atoms. The lowest BCUT2D eigenvalue weighted by molar-refractivity contribution is 0.847. The third kappa shape index (κ3) is 3.53. The van der Waals surface area contributed by atoms with Gasteiger partial charge in [0.1, 0.15) is 5.84 Å². The molecule has 0 atom stereocenters. The molecule has 0 spiro atoms. The second kappa shape index (κ2) is 8.38. The van der Waals surface area contributed by atoms with E-state index >= 15 is 0 Å². The number of allylic oxidation sites excluding steroid dienone is 1. The van der Waals surface area contributed by atoms with Gasteiger partial charge >= 0.3 is 0 Å². The van der Waals surface area contributed by atoms with E-state index in [-0.39, 0.29) is 0 Å². The van der Waals surface area contributed by atoms with E-state index in [4.69, 9.17) is 4.99 Å². The van der Waals surface area contributed by atoms with Gasteiger partial charge in [-0.3, -0.25) is 9.89 Å². The molecule has 1 aliphatic heterocycles. The molecule has 0 saturated heterocycles. The molecule has 0 radical (unpaired) electrons. The van der Waals surface area contributed by atoms with Crippen molar-refractivity contribution >= 4 is 28.0 Å². The molecule has 0 aliphatic carbocycles. The number of fused-ring (bicyclic) bond motifs is 1. The van der Waals surface area contributed by atoms with Gasteiger partial charge in [0.25, 0.3) is 0 Å². The molecule has 30 heavy (non-hydrogen) atoms. The van der Waals surface area contributed by atoms with E-state index in [1.54, 1.807) is 0 Å². The number of nitrogens with zero attached hydrogens (tertiary/aromatic N) is 2. The molecule has 0 amide bonds. The first kappa shape index (κ1) is 18.4. The molecular weight excluding hydrogens is 364 g/mol. The number of aliphatic imine (C=N–C) groups is 1. The van der Waals surface area contributed by atoms with Crippen molar-refractivity contribution in [3.8, 4) is 0 Å². The summed E-state index contributed by atoms with van der Waals surface area (Å²) in [7, 11) is 0. The van der Waals surface area contributed by atoms with E-state index in [0.29, 0.717) is 0 Å². The maximum absolute atomic E-state index is 5.10. The Kier molecular flexibility index (Phi) is 5.14. The molecule has 2 nitrogen and oxygen atoms in total. The van der Waals surface area contributed by atoms with E-state index in [0.717, 1.165) is 36.5 Å². The molecule has 0 N–H and O–H groups in total. The van der Waals surface area contributed by atoms with Crippen LogP contribution in [0.3, 0.4) is 0 Å². The molecule has 0 unspecified atom stereocenters. The minimum atomic E-state index is 0.823. The molecule has 4 aromatic rings. The summed E-state index contributed by atoms with van der Waals surface area (Å²) >= 11 is 0. The summed E-state index contributed by atoms with van der Waals surface area (Å²) in [6, 6.07) is 36.3. The van der Waals surface area contributed by atoms with Gasteiger partial charge in [0.05, 0.1) is 11.4 Å². The maximum atomic E-state index is 5.10. The van der Waals surface area contributed by atoms with Crippen LogP contribution < -0.4 is 4.90 Å². The second-order valence-electron chi connectivity index (χ2n) is 7.50. The topological polar surface area (TPSA) is 15.6 Å². The number of hydrogen-bond acceptors (Lipinski definition) is 2. The van der Waals surface area contributed by atoms with Crippen LogP contribution in [0.1, 0.15) is 24.0 Å². The minimum Gasteiger partial charge on any atom is -0.294 e. The van der Waals surface area contributed by atoms with E-state index < -0.39 is 0 Å². The van der Waals surface area contributed by atoms with Crippen LogP contribution in [0.5, 0.6) is 0 Å². The van der Waals surface area contributed by atoms with Gasteiger partial charge in [0, 0.05) is 17.5 Å². The van der Waals surface area contributed by atoms with Crippen LogP contribution in [0.15, 0.2) is 114 Å². The Morgan fingerprint density at radius 3 is 2.10 bits per heavy atom. The fourth-order valence-electron chi connectivity index (χ4n) is 4.10. The average molecular weight is 389 g/mol. The minimum absolute atomic E-state index is 0.823. The predicted molar refractivity (Wildman–Crippen MR) is 128 cm³/mol. The molecule has 146 valence electrons. The molecule has 0 fully saturated rings. The maximum Gasteiger partial charge on any atom is 0.140 e. The smallest absolute Gasteiger partial charge is 0.140 e. The molecule has 4 aromatic carbocycles. The summed E-state index contributed by atoms with van der Waals surface area (Å²) in [6.45, 7) is 0.823. The number of rotatable bonds is 3. The number of benzene rings is 4. The summed E-state index contributed by atoms with van der Waals surface area (Å²) in [5, 5.41) is 2.46. The normalized spacial score (nSPS) is 18.1. The van der Waals surface area contributed by atoms with Crippen LogP contribution in [0.4, 0.5) is 5.69 Å². The van der Waals surface area contributed by atoms with Crippen molar-refractivity contribution in [1.29, 1.82) is 0 Å². The fourth-order valence-corrected chi connectivity index (χ4v) is 4.10. The standard InChI is InChI=1S/C28H24N2/c1-3-13-23(14-4-1)26-19-9-10-21-29-28(24-15-5-2-6-16-24)30(26)27-20-11-17-22-12-7-8-18-25(22)27/h1-8,11-20H,9-10,21H2/b26-19+,29-28-. The Bertz CT molecular complexity index is 1140. The Morgan fingerprint density at radius 2 is 1.30 bits per heavy atom. The Hall–Kier alpha value is -3.65. The van der Waals surface area contributed by atoms with Gasteiger partial charge in [-0.25, -0.2) is 0 Å². The molecule has 1 heterocycles. The van der Waals surface area contributed by atoms with Crippen molar-refractivity contribution in [2.24, 2.45) is 4.99 Å². The lowest BCUT2D eigenvalue weighted by Gasteiger charge is -2.32. The van der Waals surface area contributed by atoms with Crippen LogP contribution in [-0.4, -0.2) is 12.4 Å². The van der Waals surface area contributed by atoms with Gasteiger partial charge in [-0.15, -0.1) is 0 Å². The summed E-state index contributed by atoms with van der Waals surface area (Å²) in [5.41, 5.74) is 4.69. The van der Waals surface area contributed by atoms with Crippen molar-refractivity contribution in [3.05, 3.63) is 120 Å². The zero-order chi connectivity index (χ0) is 20.2. The lowest BCUT2D eigenvalue weighted by Crippen LogP contribution is -2.31. The van der Waals surface area contributed by atoms with Gasteiger partial charge in [-0.2, -0.15) is 0 Å². The van der Waals surface area contributed by atoms with Gasteiger partial charge < -0.3 is 0 Å². The summed E-state index contributed by atoms with van der Waals surface area (Å²) in [4.78, 5) is 7.45. The Labute approximate surface area is 177 Å². The van der Waals surface area contributed by atoms with Crippen LogP contribution in [0, 0.1) is 0 Å². The highest BCUT2D eigenvalue weighted by Gasteiger charge is 2.23. The van der Waals surface area contributed by atoms with Crippen molar-refractivity contribution in [1.82, 2.24) is 0 Å². The number of hydrogen-bond donors (Lipinski definition) is 0. The molecule has 1 aliphatic rings. The number of anilines is 1. The highest BCUT2D eigenvalue weighted by molar-refractivity contribution is 6.20. The predicted octanol–water partition coefficient (Wildman–Crippen LogP) is 6.93. The molecule has 0 saturated carbocycles. The Balaban J connectivity index is 1.79. The van der Waals surface area contributed by atoms with E-state index in [1.807, 2.05) is 0 Å². The molecule has 5 rings (SSSR count). The van der Waals surface area contributed by atoms with E-state index in [2.05, 4.69) is 114 Å². The van der Waals surface area contributed by atoms with Crippen molar-refractivity contribution in [3.63, 3.8) is 0 Å². The molecule has 2 heteroatoms. The quantitative estimate of drug-likeness (QED) is 0.372. The lowest BCUT2D eigenvalue weighted by atomic mass is 10.0. The fraction of sp³-hybridized carbons (Fsp3) is 0.107. The van der Waals surface area contributed by atoms with Crippen LogP contribution in [0.25, 0.3) is 16.5 Å². The third-order valence-electron chi connectivity index (χ3n) is 5.52. The van der Waals surface area contributed by atoms with Crippen molar-refractivity contribution < 1.29 is 0 Å². The van der Waals surface area contributed by atoms with Gasteiger partial charge in [0.15, 0.2) is 0 Å². The van der Waals surface area contributed by atoms with E-state index in [1.165, 1.54) is 22.0 Å². The molecule has 0 aromatic heterocycles. The van der Waals surface area contributed by atoms with Crippen LogP contribution in [-0.2, 0) is 0 Å². The largest absolute Gasteiger partial charge is 0.294 e. The average Bonchev–Trinajstić information content (AvgIpc) is 2.80. The van der Waals surface area contributed by atoms with Gasteiger partial charge in [-0.1, -0.05) is 103 Å². The van der Waals surface area contributed by atoms with Gasteiger partial charge in [-0.05, 0) is 29.9 Å². The van der Waals surface area contributed by atoms with Gasteiger partial charge in [0.2, 0.25) is 0 Å². The third-order valence-corrected chi connectivity index (χ3v) is 5.52. The first-order valence-corrected chi connectivity index (χ1v) is 10.6. The second-order valence-corrected chi connectivity index (χ2v) is 7.50. The first-order valence-electron chi connectivity index (χ1n) is 10.6. The highest BCUT2D eigenvalue weighted by Crippen LogP contribution is 2.35. The summed E-state index contributed by atoms with van der Waals surface area (Å²) < 4.78 is 0. The van der Waals surface area contributed by atoms with Crippen LogP contribution in [0.2, 0.25) is 0 Å². The zero-order valence-corrected chi connectivity index (χ0v) is 16.9. The first-order chi connectivity index (χ1) is 14.9. The zero-order valence-electron chi connectivity index (χ0n) is 16.9. The van der Waals surface area contributed by atoms with Crippen molar-refractivity contribution in [2.75, 3.05) is 11.4 Å². The summed E-state index contributed by atoms with van der Waals surface area (Å²) in [5.74, 6) is 1.00. The van der Waals surface area contributed by atoms with E-state index in [9.17, 15) is 0 Å². The Morgan fingerprint density at radius 1 is 0.633 bits per heavy atom. The SMILES string of the molecule is C1=C(\c2ccccc2)N(c2cccc3ccccc23)/C(c2ccccc2)=N\CCC/1. The number of amidine groups is 1. The highest BCUT2D eigenvalue weighted by atomic mass is 15.2. The molecular formula is C28H24N2. The monoisotopic (exact) mass is 388 g/mol. The van der Waals surface area contributed by atoms with Crippen molar-refractivity contribution in [2.45, 2.75) is 12.8 Å². The van der Waals surface area contributed by atoms with Crippen LogP contribution >= 0.6 is 0 Å². The summed E-state index contributed by atoms with van der Waals surface area (Å²) in [6.07, 6.45) is 4.43.